The lowest BCUT2D eigenvalue weighted by Crippen LogP contribution is -2.26. The molecule has 0 saturated heterocycles. The minimum atomic E-state index is -0.205. The van der Waals surface area contributed by atoms with E-state index in [4.69, 9.17) is 22.1 Å². The zero-order valence-corrected chi connectivity index (χ0v) is 12.6. The summed E-state index contributed by atoms with van der Waals surface area (Å²) in [4.78, 5) is 13.2. The Morgan fingerprint density at radius 1 is 1.40 bits per heavy atom. The van der Waals surface area contributed by atoms with Gasteiger partial charge in [-0.3, -0.25) is 4.79 Å². The lowest BCUT2D eigenvalue weighted by Gasteiger charge is -2.10. The first-order chi connectivity index (χ1) is 9.61. The van der Waals surface area contributed by atoms with Gasteiger partial charge in [-0.1, -0.05) is 17.7 Å². The number of rotatable bonds is 5. The topological polar surface area (TPSA) is 64.3 Å². The molecule has 0 saturated carbocycles. The Kier molecular flexibility index (Phi) is 4.87. The highest BCUT2D eigenvalue weighted by molar-refractivity contribution is 7.16. The number of hydrogen-bond donors (Lipinski definition) is 2. The van der Waals surface area contributed by atoms with Gasteiger partial charge in [-0.15, -0.1) is 11.3 Å². The molecule has 0 aliphatic heterocycles. The van der Waals surface area contributed by atoms with Crippen molar-refractivity contribution in [3.8, 4) is 5.75 Å². The van der Waals surface area contributed by atoms with Crippen molar-refractivity contribution >= 4 is 34.5 Å². The first kappa shape index (κ1) is 14.7. The second-order valence-corrected chi connectivity index (χ2v) is 5.93. The third kappa shape index (κ3) is 3.43. The molecule has 106 valence electrons. The van der Waals surface area contributed by atoms with Crippen LogP contribution in [0.1, 0.15) is 15.2 Å². The van der Waals surface area contributed by atoms with Crippen LogP contribution in [0.2, 0.25) is 4.34 Å². The maximum Gasteiger partial charge on any atom is 0.253 e. The van der Waals surface area contributed by atoms with Gasteiger partial charge in [0.05, 0.1) is 22.7 Å². The number of halogens is 1. The number of benzene rings is 1. The first-order valence-electron chi connectivity index (χ1n) is 6.06. The Hall–Kier alpha value is -1.72. The highest BCUT2D eigenvalue weighted by Crippen LogP contribution is 2.24. The van der Waals surface area contributed by atoms with E-state index in [1.54, 1.807) is 18.2 Å². The van der Waals surface area contributed by atoms with Crippen molar-refractivity contribution in [3.63, 3.8) is 0 Å². The van der Waals surface area contributed by atoms with Crippen LogP contribution in [-0.2, 0) is 6.42 Å². The van der Waals surface area contributed by atoms with E-state index in [9.17, 15) is 4.79 Å². The number of para-hydroxylation sites is 1. The molecule has 2 aromatic rings. The Labute approximate surface area is 126 Å². The van der Waals surface area contributed by atoms with Crippen LogP contribution in [0.3, 0.4) is 0 Å². The molecule has 1 aromatic carbocycles. The van der Waals surface area contributed by atoms with Gasteiger partial charge < -0.3 is 15.8 Å². The molecule has 6 heteroatoms. The fourth-order valence-corrected chi connectivity index (χ4v) is 2.89. The number of anilines is 1. The van der Waals surface area contributed by atoms with Crippen molar-refractivity contribution in [2.45, 2.75) is 6.42 Å². The van der Waals surface area contributed by atoms with Crippen LogP contribution < -0.4 is 15.8 Å². The Balaban J connectivity index is 1.95. The Bertz CT molecular complexity index is 613. The second kappa shape index (κ2) is 6.63. The molecule has 0 aliphatic rings. The van der Waals surface area contributed by atoms with E-state index < -0.39 is 0 Å². The van der Waals surface area contributed by atoms with Gasteiger partial charge in [0.1, 0.15) is 5.75 Å². The number of thiophene rings is 1. The van der Waals surface area contributed by atoms with Crippen LogP contribution in [0.5, 0.6) is 5.75 Å². The van der Waals surface area contributed by atoms with Crippen LogP contribution in [-0.4, -0.2) is 19.6 Å². The van der Waals surface area contributed by atoms with E-state index in [1.807, 2.05) is 12.1 Å². The molecule has 0 radical (unpaired) electrons. The summed E-state index contributed by atoms with van der Waals surface area (Å²) in [6, 6.07) is 8.95. The average Bonchev–Trinajstić information content (AvgIpc) is 2.84. The van der Waals surface area contributed by atoms with Gasteiger partial charge in [0.2, 0.25) is 0 Å². The smallest absolute Gasteiger partial charge is 0.253 e. The van der Waals surface area contributed by atoms with Crippen molar-refractivity contribution in [2.24, 2.45) is 0 Å². The third-order valence-electron chi connectivity index (χ3n) is 2.82. The fourth-order valence-electron chi connectivity index (χ4n) is 1.80. The molecule has 1 heterocycles. The molecule has 0 spiro atoms. The summed E-state index contributed by atoms with van der Waals surface area (Å²) in [5.41, 5.74) is 6.66. The zero-order chi connectivity index (χ0) is 14.5. The molecule has 0 unspecified atom stereocenters. The molecule has 0 fully saturated rings. The highest BCUT2D eigenvalue weighted by Gasteiger charge is 2.12. The summed E-state index contributed by atoms with van der Waals surface area (Å²) in [5.74, 6) is 0.298. The lowest BCUT2D eigenvalue weighted by molar-refractivity contribution is 0.0955. The zero-order valence-electron chi connectivity index (χ0n) is 11.0. The molecule has 3 N–H and O–H groups in total. The van der Waals surface area contributed by atoms with Gasteiger partial charge in [-0.25, -0.2) is 0 Å². The van der Waals surface area contributed by atoms with E-state index in [1.165, 1.54) is 18.4 Å². The summed E-state index contributed by atoms with van der Waals surface area (Å²) < 4.78 is 5.85. The molecule has 4 nitrogen and oxygen atoms in total. The molecular formula is C14H15ClN2O2S. The Morgan fingerprint density at radius 2 is 2.20 bits per heavy atom. The quantitative estimate of drug-likeness (QED) is 0.835. The van der Waals surface area contributed by atoms with Crippen LogP contribution in [0.15, 0.2) is 30.3 Å². The van der Waals surface area contributed by atoms with Crippen LogP contribution in [0.4, 0.5) is 5.69 Å². The molecule has 0 bridgehead atoms. The van der Waals surface area contributed by atoms with Crippen molar-refractivity contribution in [2.75, 3.05) is 19.4 Å². The number of amides is 1. The Morgan fingerprint density at radius 3 is 2.85 bits per heavy atom. The molecule has 20 heavy (non-hydrogen) atoms. The summed E-state index contributed by atoms with van der Waals surface area (Å²) in [6.07, 6.45) is 0.743. The van der Waals surface area contributed by atoms with Crippen molar-refractivity contribution < 1.29 is 9.53 Å². The van der Waals surface area contributed by atoms with Gasteiger partial charge in [0, 0.05) is 11.4 Å². The van der Waals surface area contributed by atoms with Gasteiger partial charge in [-0.2, -0.15) is 0 Å². The van der Waals surface area contributed by atoms with E-state index in [-0.39, 0.29) is 5.91 Å². The van der Waals surface area contributed by atoms with E-state index in [2.05, 4.69) is 5.32 Å². The number of nitrogen functional groups attached to an aromatic ring is 1. The molecule has 0 aliphatic carbocycles. The van der Waals surface area contributed by atoms with Gasteiger partial charge in [-0.05, 0) is 30.7 Å². The minimum absolute atomic E-state index is 0.205. The largest absolute Gasteiger partial charge is 0.495 e. The van der Waals surface area contributed by atoms with Crippen LogP contribution in [0.25, 0.3) is 0 Å². The van der Waals surface area contributed by atoms with Gasteiger partial charge in [0.25, 0.3) is 5.91 Å². The predicted octanol–water partition coefficient (Wildman–Crippen LogP) is 2.96. The van der Waals surface area contributed by atoms with E-state index in [0.29, 0.717) is 23.5 Å². The van der Waals surface area contributed by atoms with Crippen molar-refractivity contribution in [1.82, 2.24) is 5.32 Å². The highest BCUT2D eigenvalue weighted by atomic mass is 35.5. The number of methoxy groups -OCH3 is 1. The van der Waals surface area contributed by atoms with Gasteiger partial charge >= 0.3 is 0 Å². The van der Waals surface area contributed by atoms with E-state index >= 15 is 0 Å². The molecule has 1 aromatic heterocycles. The van der Waals surface area contributed by atoms with Gasteiger partial charge in [0.15, 0.2) is 0 Å². The number of carbonyl (C=O) groups excluding carboxylic acids is 1. The minimum Gasteiger partial charge on any atom is -0.495 e. The normalized spacial score (nSPS) is 10.3. The first-order valence-corrected chi connectivity index (χ1v) is 7.26. The van der Waals surface area contributed by atoms with E-state index in [0.717, 1.165) is 15.6 Å². The van der Waals surface area contributed by atoms with Crippen LogP contribution in [0, 0.1) is 0 Å². The summed E-state index contributed by atoms with van der Waals surface area (Å²) in [5, 5.41) is 2.84. The predicted molar refractivity (Wildman–Crippen MR) is 82.8 cm³/mol. The number of ether oxygens (including phenoxy) is 1. The molecule has 1 amide bonds. The van der Waals surface area contributed by atoms with Crippen molar-refractivity contribution in [1.29, 1.82) is 0 Å². The SMILES string of the molecule is COc1cccc(C(=O)NCCc2ccc(Cl)s2)c1N. The monoisotopic (exact) mass is 310 g/mol. The third-order valence-corrected chi connectivity index (χ3v) is 4.11. The lowest BCUT2D eigenvalue weighted by atomic mass is 10.1. The maximum atomic E-state index is 12.1. The number of nitrogens with one attached hydrogen (secondary N) is 1. The summed E-state index contributed by atoms with van der Waals surface area (Å²) in [6.45, 7) is 0.534. The maximum absolute atomic E-state index is 12.1. The standard InChI is InChI=1S/C14H15ClN2O2S/c1-19-11-4-2-3-10(13(11)16)14(18)17-8-7-9-5-6-12(15)20-9/h2-6H,7-8,16H2,1H3,(H,17,18). The summed E-state index contributed by atoms with van der Waals surface area (Å²) in [7, 11) is 1.52. The number of nitrogens with two attached hydrogens (primary N) is 1. The molecular weight excluding hydrogens is 296 g/mol. The second-order valence-electron chi connectivity index (χ2n) is 4.13. The molecule has 0 atom stereocenters. The van der Waals surface area contributed by atoms with Crippen LogP contribution >= 0.6 is 22.9 Å². The van der Waals surface area contributed by atoms with Crippen molar-refractivity contribution in [3.05, 3.63) is 45.1 Å². The fraction of sp³-hybridized carbons (Fsp3) is 0.214. The number of hydrogen-bond acceptors (Lipinski definition) is 4. The summed E-state index contributed by atoms with van der Waals surface area (Å²) >= 11 is 7.37. The number of carbonyl (C=O) groups is 1. The average molecular weight is 311 g/mol. The molecule has 2 rings (SSSR count).